The van der Waals surface area contributed by atoms with Gasteiger partial charge in [0.25, 0.3) is 0 Å². The summed E-state index contributed by atoms with van der Waals surface area (Å²) in [5.41, 5.74) is 4.20. The summed E-state index contributed by atoms with van der Waals surface area (Å²) in [5.74, 6) is 0. The molecule has 2 aromatic heterocycles. The maximum Gasteiger partial charge on any atom is 0.336 e. The summed E-state index contributed by atoms with van der Waals surface area (Å²) in [6.45, 7) is 6.37. The Hall–Kier alpha value is -2.66. The quantitative estimate of drug-likeness (QED) is 0.423. The Morgan fingerprint density at radius 1 is 1.06 bits per heavy atom. The molecule has 0 bridgehead atoms. The first-order valence-corrected chi connectivity index (χ1v) is 12.5. The highest BCUT2D eigenvalue weighted by Crippen LogP contribution is 2.27. The number of nitrogens with zero attached hydrogens (tertiary/aromatic N) is 4. The number of rotatable bonds is 4. The normalized spacial score (nSPS) is 16.2. The predicted octanol–water partition coefficient (Wildman–Crippen LogP) is 2.92. The van der Waals surface area contributed by atoms with Crippen LogP contribution in [0.3, 0.4) is 0 Å². The van der Waals surface area contributed by atoms with Gasteiger partial charge in [0.2, 0.25) is 10.0 Å². The Kier molecular flexibility index (Phi) is 5.32. The highest BCUT2D eigenvalue weighted by molar-refractivity contribution is 7.89. The molecule has 0 amide bonds. The molecule has 1 aliphatic rings. The third-order valence-corrected chi connectivity index (χ3v) is 8.58. The second-order valence-corrected chi connectivity index (χ2v) is 10.5. The molecule has 0 N–H and O–H groups in total. The number of hydrogen-bond acceptors (Lipinski definition) is 8. The van der Waals surface area contributed by atoms with E-state index in [0.29, 0.717) is 49.3 Å². The third-order valence-electron chi connectivity index (χ3n) is 6.11. The molecular formula is C22H22N4O4S2. The first kappa shape index (κ1) is 21.2. The van der Waals surface area contributed by atoms with Crippen molar-refractivity contribution in [2.45, 2.75) is 25.3 Å². The molecule has 1 fully saturated rings. The molecule has 10 heteroatoms. The molecule has 1 saturated heterocycles. The summed E-state index contributed by atoms with van der Waals surface area (Å²) in [6, 6.07) is 10.6. The van der Waals surface area contributed by atoms with Crippen LogP contribution in [-0.4, -0.2) is 52.5 Å². The zero-order valence-corrected chi connectivity index (χ0v) is 19.4. The van der Waals surface area contributed by atoms with Gasteiger partial charge in [-0.1, -0.05) is 18.2 Å². The molecule has 32 heavy (non-hydrogen) atoms. The number of fused-ring (bicyclic) bond motifs is 2. The number of piperazine rings is 1. The molecule has 1 aliphatic heterocycles. The first-order chi connectivity index (χ1) is 15.3. The summed E-state index contributed by atoms with van der Waals surface area (Å²) >= 11 is 1.01. The Bertz CT molecular complexity index is 1490. The number of aromatic nitrogens is 2. The van der Waals surface area contributed by atoms with Crippen molar-refractivity contribution in [2.24, 2.45) is 0 Å². The molecule has 0 aliphatic carbocycles. The van der Waals surface area contributed by atoms with Gasteiger partial charge in [0.05, 0.1) is 11.7 Å². The molecule has 0 radical (unpaired) electrons. The van der Waals surface area contributed by atoms with E-state index in [1.807, 2.05) is 26.0 Å². The van der Waals surface area contributed by atoms with Crippen LogP contribution in [0.2, 0.25) is 0 Å². The molecule has 5 rings (SSSR count). The van der Waals surface area contributed by atoms with Crippen LogP contribution in [0.4, 0.5) is 0 Å². The van der Waals surface area contributed by atoms with Gasteiger partial charge in [-0.15, -0.1) is 0 Å². The van der Waals surface area contributed by atoms with Crippen LogP contribution < -0.4 is 5.63 Å². The summed E-state index contributed by atoms with van der Waals surface area (Å²) < 4.78 is 41.8. The first-order valence-electron chi connectivity index (χ1n) is 10.3. The van der Waals surface area contributed by atoms with Gasteiger partial charge in [0.1, 0.15) is 21.5 Å². The minimum absolute atomic E-state index is 0.203. The van der Waals surface area contributed by atoms with Crippen molar-refractivity contribution in [3.8, 4) is 0 Å². The average molecular weight is 471 g/mol. The smallest absolute Gasteiger partial charge is 0.336 e. The molecule has 0 atom stereocenters. The summed E-state index contributed by atoms with van der Waals surface area (Å²) in [5, 5.41) is 0.922. The average Bonchev–Trinajstić information content (AvgIpc) is 3.26. The van der Waals surface area contributed by atoms with E-state index in [-0.39, 0.29) is 10.5 Å². The fraction of sp³-hybridized carbons (Fsp3) is 0.318. The number of sulfonamides is 1. The van der Waals surface area contributed by atoms with Gasteiger partial charge < -0.3 is 4.42 Å². The number of hydrogen-bond donors (Lipinski definition) is 0. The van der Waals surface area contributed by atoms with E-state index in [1.165, 1.54) is 10.4 Å². The zero-order valence-electron chi connectivity index (χ0n) is 17.7. The standard InChI is InChI=1S/C22H22N4O4S2/c1-14-6-7-17-16(12-20(27)30-22(17)15(14)2)13-25-8-10-26(11-9-25)32(28,29)19-5-3-4-18-21(19)24-31-23-18/h3-7,12H,8-11,13H2,1-2H3. The Balaban J connectivity index is 1.36. The number of aryl methyl sites for hydroxylation is 2. The maximum absolute atomic E-state index is 13.2. The van der Waals surface area contributed by atoms with E-state index in [9.17, 15) is 13.2 Å². The van der Waals surface area contributed by atoms with Gasteiger partial charge >= 0.3 is 5.63 Å². The highest BCUT2D eigenvalue weighted by atomic mass is 32.2. The fourth-order valence-electron chi connectivity index (χ4n) is 4.15. The lowest BCUT2D eigenvalue weighted by molar-refractivity contribution is 0.182. The van der Waals surface area contributed by atoms with E-state index < -0.39 is 10.0 Å². The van der Waals surface area contributed by atoms with Crippen molar-refractivity contribution >= 4 is 43.8 Å². The largest absolute Gasteiger partial charge is 0.422 e. The van der Waals surface area contributed by atoms with Crippen LogP contribution in [0.1, 0.15) is 16.7 Å². The van der Waals surface area contributed by atoms with Crippen LogP contribution >= 0.6 is 11.7 Å². The van der Waals surface area contributed by atoms with E-state index >= 15 is 0 Å². The van der Waals surface area contributed by atoms with Gasteiger partial charge in [0.15, 0.2) is 0 Å². The summed E-state index contributed by atoms with van der Waals surface area (Å²) in [4.78, 5) is 14.5. The minimum Gasteiger partial charge on any atom is -0.422 e. The van der Waals surface area contributed by atoms with Crippen LogP contribution in [0.15, 0.2) is 50.5 Å². The minimum atomic E-state index is -3.66. The van der Waals surface area contributed by atoms with Crippen LogP contribution in [0.5, 0.6) is 0 Å². The molecule has 8 nitrogen and oxygen atoms in total. The van der Waals surface area contributed by atoms with Crippen molar-refractivity contribution in [3.63, 3.8) is 0 Å². The summed E-state index contributed by atoms with van der Waals surface area (Å²) in [6.07, 6.45) is 0. The molecule has 0 spiro atoms. The van der Waals surface area contributed by atoms with Crippen LogP contribution in [0.25, 0.3) is 22.0 Å². The topological polar surface area (TPSA) is 96.6 Å². The van der Waals surface area contributed by atoms with Gasteiger partial charge in [-0.3, -0.25) is 4.90 Å². The molecule has 0 unspecified atom stereocenters. The van der Waals surface area contributed by atoms with Crippen molar-refractivity contribution in [1.29, 1.82) is 0 Å². The third kappa shape index (κ3) is 3.62. The maximum atomic E-state index is 13.2. The van der Waals surface area contributed by atoms with Crippen molar-refractivity contribution in [1.82, 2.24) is 18.0 Å². The number of benzene rings is 2. The monoisotopic (exact) mass is 470 g/mol. The molecule has 3 heterocycles. The van der Waals surface area contributed by atoms with E-state index in [4.69, 9.17) is 4.42 Å². The lowest BCUT2D eigenvalue weighted by Crippen LogP contribution is -2.48. The SMILES string of the molecule is Cc1ccc2c(CN3CCN(S(=O)(=O)c4cccc5nsnc45)CC3)cc(=O)oc2c1C. The molecule has 2 aromatic carbocycles. The second-order valence-electron chi connectivity index (χ2n) is 8.04. The molecule has 166 valence electrons. The lowest BCUT2D eigenvalue weighted by atomic mass is 10.0. The van der Waals surface area contributed by atoms with Gasteiger partial charge in [-0.25, -0.2) is 13.2 Å². The molecular weight excluding hydrogens is 448 g/mol. The van der Waals surface area contributed by atoms with Gasteiger partial charge in [0, 0.05) is 44.2 Å². The highest BCUT2D eigenvalue weighted by Gasteiger charge is 2.31. The van der Waals surface area contributed by atoms with Crippen LogP contribution in [-0.2, 0) is 16.6 Å². The van der Waals surface area contributed by atoms with Gasteiger partial charge in [-0.2, -0.15) is 13.1 Å². The summed E-state index contributed by atoms with van der Waals surface area (Å²) in [7, 11) is -3.66. The van der Waals surface area contributed by atoms with Crippen molar-refractivity contribution in [2.75, 3.05) is 26.2 Å². The fourth-order valence-corrected chi connectivity index (χ4v) is 6.33. The van der Waals surface area contributed by atoms with E-state index in [0.717, 1.165) is 33.8 Å². The molecule has 4 aromatic rings. The lowest BCUT2D eigenvalue weighted by Gasteiger charge is -2.34. The predicted molar refractivity (Wildman–Crippen MR) is 123 cm³/mol. The zero-order chi connectivity index (χ0) is 22.5. The van der Waals surface area contributed by atoms with Crippen molar-refractivity contribution in [3.05, 3.63) is 63.5 Å². The Labute approximate surface area is 189 Å². The van der Waals surface area contributed by atoms with Crippen molar-refractivity contribution < 1.29 is 12.8 Å². The van der Waals surface area contributed by atoms with E-state index in [1.54, 1.807) is 18.2 Å². The van der Waals surface area contributed by atoms with Gasteiger partial charge in [-0.05, 0) is 42.7 Å². The van der Waals surface area contributed by atoms with Crippen LogP contribution in [0, 0.1) is 13.8 Å². The van der Waals surface area contributed by atoms with E-state index in [2.05, 4.69) is 13.6 Å². The Morgan fingerprint density at radius 2 is 1.84 bits per heavy atom. The second kappa shape index (κ2) is 8.04. The Morgan fingerprint density at radius 3 is 2.62 bits per heavy atom. The molecule has 0 saturated carbocycles.